The van der Waals surface area contributed by atoms with Crippen molar-refractivity contribution in [2.75, 3.05) is 13.7 Å². The average molecular weight is 320 g/mol. The Morgan fingerprint density at radius 1 is 1.17 bits per heavy atom. The maximum atomic E-state index is 11.6. The highest BCUT2D eigenvalue weighted by molar-refractivity contribution is 6.31. The topological polar surface area (TPSA) is 131 Å². The van der Waals surface area contributed by atoms with Crippen LogP contribution in [0.3, 0.4) is 0 Å². The van der Waals surface area contributed by atoms with E-state index in [1.54, 1.807) is 0 Å². The molecule has 3 N–H and O–H groups in total. The largest absolute Gasteiger partial charge is 0.493 e. The van der Waals surface area contributed by atoms with Crippen LogP contribution in [0.5, 0.6) is 11.5 Å². The van der Waals surface area contributed by atoms with Crippen LogP contribution in [-0.4, -0.2) is 42.6 Å². The number of urea groups is 1. The zero-order chi connectivity index (χ0) is 17.0. The second kappa shape index (κ2) is 6.60. The van der Waals surface area contributed by atoms with Gasteiger partial charge in [-0.1, -0.05) is 6.07 Å². The first kappa shape index (κ1) is 16.0. The summed E-state index contributed by atoms with van der Waals surface area (Å²) >= 11 is 0. The van der Waals surface area contributed by atoms with Crippen molar-refractivity contribution >= 4 is 29.9 Å². The van der Waals surface area contributed by atoms with E-state index in [2.05, 4.69) is 0 Å². The van der Waals surface area contributed by atoms with Gasteiger partial charge in [0.25, 0.3) is 11.8 Å². The Kier molecular flexibility index (Phi) is 4.60. The number of hydrogen-bond acceptors (Lipinski definition) is 6. The van der Waals surface area contributed by atoms with Crippen molar-refractivity contribution in [3.63, 3.8) is 0 Å². The zero-order valence-corrected chi connectivity index (χ0v) is 11.9. The van der Waals surface area contributed by atoms with Gasteiger partial charge < -0.3 is 14.6 Å². The molecule has 2 rings (SSSR count). The highest BCUT2D eigenvalue weighted by Crippen LogP contribution is 2.29. The summed E-state index contributed by atoms with van der Waals surface area (Å²) in [5.74, 6) is -2.34. The van der Waals surface area contributed by atoms with Gasteiger partial charge in [0.2, 0.25) is 0 Å². The Balaban J connectivity index is 2.28. The molecule has 0 saturated carbocycles. The van der Waals surface area contributed by atoms with E-state index in [0.29, 0.717) is 5.56 Å². The molecule has 1 aliphatic heterocycles. The van der Waals surface area contributed by atoms with E-state index in [-0.39, 0.29) is 17.1 Å². The summed E-state index contributed by atoms with van der Waals surface area (Å²) in [6.45, 7) is -0.538. The van der Waals surface area contributed by atoms with Gasteiger partial charge in [0.15, 0.2) is 18.1 Å². The maximum absolute atomic E-state index is 11.6. The maximum Gasteiger partial charge on any atom is 0.341 e. The van der Waals surface area contributed by atoms with Crippen molar-refractivity contribution in [2.45, 2.75) is 0 Å². The molecule has 1 heterocycles. The number of carbonyl (C=O) groups is 4. The molecule has 1 aliphatic rings. The number of methoxy groups -OCH3 is 1. The summed E-state index contributed by atoms with van der Waals surface area (Å²) in [6.07, 6.45) is 1.26. The molecule has 9 heteroatoms. The molecule has 1 aromatic carbocycles. The number of rotatable bonds is 5. The summed E-state index contributed by atoms with van der Waals surface area (Å²) in [5.41, 5.74) is 0.185. The van der Waals surface area contributed by atoms with Crippen LogP contribution in [0.15, 0.2) is 23.8 Å². The van der Waals surface area contributed by atoms with Crippen molar-refractivity contribution in [3.05, 3.63) is 29.3 Å². The number of barbiturate groups is 1. The first-order valence-corrected chi connectivity index (χ1v) is 6.31. The Morgan fingerprint density at radius 2 is 1.83 bits per heavy atom. The van der Waals surface area contributed by atoms with Crippen LogP contribution in [0.4, 0.5) is 4.79 Å². The molecule has 9 nitrogen and oxygen atoms in total. The monoisotopic (exact) mass is 320 g/mol. The Bertz CT molecular complexity index is 702. The average Bonchev–Trinajstić information content (AvgIpc) is 2.49. The lowest BCUT2D eigenvalue weighted by molar-refractivity contribution is -0.139. The van der Waals surface area contributed by atoms with E-state index in [0.717, 1.165) is 0 Å². The number of nitrogens with one attached hydrogen (secondary N) is 2. The molecule has 0 radical (unpaired) electrons. The molecular formula is C14H12N2O7. The van der Waals surface area contributed by atoms with Crippen LogP contribution < -0.4 is 20.1 Å². The van der Waals surface area contributed by atoms with Crippen LogP contribution in [0, 0.1) is 0 Å². The van der Waals surface area contributed by atoms with E-state index in [4.69, 9.17) is 14.6 Å². The molecule has 1 saturated heterocycles. The number of hydrogen-bond donors (Lipinski definition) is 3. The number of carbonyl (C=O) groups excluding carboxylic acids is 3. The number of carboxylic acid groups (broad SMARTS) is 1. The fraction of sp³-hybridized carbons (Fsp3) is 0.143. The van der Waals surface area contributed by atoms with Crippen LogP contribution in [0.25, 0.3) is 6.08 Å². The lowest BCUT2D eigenvalue weighted by Crippen LogP contribution is -2.51. The van der Waals surface area contributed by atoms with Gasteiger partial charge in [0, 0.05) is 0 Å². The van der Waals surface area contributed by atoms with Gasteiger partial charge in [-0.15, -0.1) is 0 Å². The number of ether oxygens (including phenoxy) is 2. The zero-order valence-electron chi connectivity index (χ0n) is 11.9. The van der Waals surface area contributed by atoms with Crippen LogP contribution >= 0.6 is 0 Å². The summed E-state index contributed by atoms with van der Waals surface area (Å²) in [6, 6.07) is 3.52. The summed E-state index contributed by atoms with van der Waals surface area (Å²) in [7, 11) is 1.36. The van der Waals surface area contributed by atoms with Gasteiger partial charge >= 0.3 is 12.0 Å². The Hall–Kier alpha value is -3.36. The molecule has 0 aliphatic carbocycles. The summed E-state index contributed by atoms with van der Waals surface area (Å²) in [5, 5.41) is 12.5. The summed E-state index contributed by atoms with van der Waals surface area (Å²) in [4.78, 5) is 44.8. The quantitative estimate of drug-likeness (QED) is 0.510. The molecule has 120 valence electrons. The molecule has 1 fully saturated rings. The van der Waals surface area contributed by atoms with Crippen molar-refractivity contribution in [1.82, 2.24) is 10.6 Å². The third-order valence-electron chi connectivity index (χ3n) is 2.79. The first-order chi connectivity index (χ1) is 10.9. The van der Waals surface area contributed by atoms with E-state index in [1.807, 2.05) is 10.6 Å². The van der Waals surface area contributed by atoms with Crippen molar-refractivity contribution in [1.29, 1.82) is 0 Å². The molecule has 1 aromatic rings. The fourth-order valence-electron chi connectivity index (χ4n) is 1.81. The smallest absolute Gasteiger partial charge is 0.341 e. The summed E-state index contributed by atoms with van der Waals surface area (Å²) < 4.78 is 10.1. The van der Waals surface area contributed by atoms with Crippen molar-refractivity contribution in [3.8, 4) is 11.5 Å². The van der Waals surface area contributed by atoms with Crippen molar-refractivity contribution < 1.29 is 33.8 Å². The van der Waals surface area contributed by atoms with Crippen LogP contribution in [-0.2, 0) is 14.4 Å². The SMILES string of the molecule is COc1cc(C=C2C(=O)NC(=O)NC2=O)ccc1OCC(=O)O. The number of aliphatic carboxylic acids is 1. The lowest BCUT2D eigenvalue weighted by atomic mass is 10.1. The first-order valence-electron chi connectivity index (χ1n) is 6.31. The Labute approximate surface area is 129 Å². The number of benzene rings is 1. The van der Waals surface area contributed by atoms with Crippen LogP contribution in [0.2, 0.25) is 0 Å². The molecule has 23 heavy (non-hydrogen) atoms. The van der Waals surface area contributed by atoms with Gasteiger partial charge in [0.1, 0.15) is 5.57 Å². The lowest BCUT2D eigenvalue weighted by Gasteiger charge is -2.14. The fourth-order valence-corrected chi connectivity index (χ4v) is 1.81. The Morgan fingerprint density at radius 3 is 2.39 bits per heavy atom. The molecule has 0 aromatic heterocycles. The second-order valence-corrected chi connectivity index (χ2v) is 4.39. The minimum absolute atomic E-state index is 0.199. The van der Waals surface area contributed by atoms with E-state index in [9.17, 15) is 19.2 Å². The predicted molar refractivity (Wildman–Crippen MR) is 75.8 cm³/mol. The van der Waals surface area contributed by atoms with Gasteiger partial charge in [-0.05, 0) is 23.8 Å². The molecule has 0 atom stereocenters. The minimum Gasteiger partial charge on any atom is -0.493 e. The standard InChI is InChI=1S/C14H12N2O7/c1-22-10-5-7(2-3-9(10)23-6-11(17)18)4-8-12(19)15-14(21)16-13(8)20/h2-5H,6H2,1H3,(H,17,18)(H2,15,16,19,20,21). The van der Waals surface area contributed by atoms with Gasteiger partial charge in [0.05, 0.1) is 7.11 Å². The highest BCUT2D eigenvalue weighted by Gasteiger charge is 2.27. The third kappa shape index (κ3) is 3.84. The normalized spacial score (nSPS) is 14.0. The van der Waals surface area contributed by atoms with E-state index in [1.165, 1.54) is 31.4 Å². The molecular weight excluding hydrogens is 308 g/mol. The predicted octanol–water partition coefficient (Wildman–Crippen LogP) is -0.0920. The number of imide groups is 2. The van der Waals surface area contributed by atoms with Crippen molar-refractivity contribution in [2.24, 2.45) is 0 Å². The van der Waals surface area contributed by atoms with Gasteiger partial charge in [-0.25, -0.2) is 9.59 Å². The number of amides is 4. The van der Waals surface area contributed by atoms with E-state index < -0.39 is 30.4 Å². The van der Waals surface area contributed by atoms with E-state index >= 15 is 0 Å². The molecule has 0 unspecified atom stereocenters. The third-order valence-corrected chi connectivity index (χ3v) is 2.79. The van der Waals surface area contributed by atoms with Gasteiger partial charge in [-0.2, -0.15) is 0 Å². The van der Waals surface area contributed by atoms with Gasteiger partial charge in [-0.3, -0.25) is 20.2 Å². The minimum atomic E-state index is -1.14. The molecule has 0 spiro atoms. The number of carboxylic acids is 1. The molecule has 0 bridgehead atoms. The second-order valence-electron chi connectivity index (χ2n) is 4.39. The van der Waals surface area contributed by atoms with Crippen LogP contribution in [0.1, 0.15) is 5.56 Å². The molecule has 4 amide bonds. The highest BCUT2D eigenvalue weighted by atomic mass is 16.5.